The molecule has 1 unspecified atom stereocenters. The third-order valence-electron chi connectivity index (χ3n) is 2.12. The van der Waals surface area contributed by atoms with Gasteiger partial charge in [0, 0.05) is 0 Å². The van der Waals surface area contributed by atoms with Crippen LogP contribution in [-0.4, -0.2) is 23.4 Å². The van der Waals surface area contributed by atoms with E-state index in [2.05, 4.69) is 15.5 Å². The van der Waals surface area contributed by atoms with Crippen molar-refractivity contribution >= 4 is 11.3 Å². The number of alkyl halides is 5. The van der Waals surface area contributed by atoms with Crippen molar-refractivity contribution in [3.63, 3.8) is 0 Å². The van der Waals surface area contributed by atoms with Crippen LogP contribution in [0.1, 0.15) is 29.4 Å². The minimum atomic E-state index is -5.65. The number of nitrogens with zero attached hydrogens (tertiary/aromatic N) is 2. The fourth-order valence-electron chi connectivity index (χ4n) is 1.13. The van der Waals surface area contributed by atoms with E-state index in [9.17, 15) is 22.0 Å². The zero-order valence-corrected chi connectivity index (χ0v) is 9.79. The van der Waals surface area contributed by atoms with E-state index in [1.54, 1.807) is 14.0 Å². The van der Waals surface area contributed by atoms with Gasteiger partial charge in [-0.15, -0.1) is 10.2 Å². The fraction of sp³-hybridized carbons (Fsp3) is 0.750. The molecule has 1 heterocycles. The molecule has 0 spiro atoms. The molecule has 0 aromatic carbocycles. The molecule has 1 aromatic rings. The number of hydrogen-bond donors (Lipinski definition) is 1. The van der Waals surface area contributed by atoms with Crippen molar-refractivity contribution in [3.8, 4) is 0 Å². The van der Waals surface area contributed by atoms with Crippen LogP contribution >= 0.6 is 11.3 Å². The first-order chi connectivity index (χ1) is 7.74. The summed E-state index contributed by atoms with van der Waals surface area (Å²) >= 11 is 0.269. The fourth-order valence-corrected chi connectivity index (χ4v) is 2.16. The number of rotatable bonds is 4. The summed E-state index contributed by atoms with van der Waals surface area (Å²) in [4.78, 5) is 0. The standard InChI is InChI=1S/C8H10F5N3S/c1-3-4(14-2)5-15-16-6(17-5)7(9,10)8(11,12)13/h4,14H,3H2,1-2H3. The molecule has 98 valence electrons. The predicted octanol–water partition coefficient (Wildman–Crippen LogP) is 2.86. The van der Waals surface area contributed by atoms with Crippen molar-refractivity contribution in [2.45, 2.75) is 31.5 Å². The number of halogens is 5. The summed E-state index contributed by atoms with van der Waals surface area (Å²) in [5.41, 5.74) is 0. The highest BCUT2D eigenvalue weighted by atomic mass is 32.1. The van der Waals surface area contributed by atoms with E-state index in [-0.39, 0.29) is 22.4 Å². The van der Waals surface area contributed by atoms with Crippen LogP contribution in [0, 0.1) is 0 Å². The molecule has 0 fully saturated rings. The Balaban J connectivity index is 3.03. The summed E-state index contributed by atoms with van der Waals surface area (Å²) in [6.45, 7) is 1.75. The van der Waals surface area contributed by atoms with Gasteiger partial charge in [-0.05, 0) is 13.5 Å². The van der Waals surface area contributed by atoms with Crippen molar-refractivity contribution in [1.82, 2.24) is 15.5 Å². The molecule has 0 aliphatic rings. The van der Waals surface area contributed by atoms with Gasteiger partial charge in [0.25, 0.3) is 0 Å². The van der Waals surface area contributed by atoms with Crippen molar-refractivity contribution in [3.05, 3.63) is 10.0 Å². The molecule has 1 N–H and O–H groups in total. The Kier molecular flexibility index (Phi) is 4.03. The summed E-state index contributed by atoms with van der Waals surface area (Å²) < 4.78 is 62.0. The van der Waals surface area contributed by atoms with E-state index in [1.807, 2.05) is 0 Å². The third kappa shape index (κ3) is 2.71. The number of aromatic nitrogens is 2. The van der Waals surface area contributed by atoms with Crippen LogP contribution in [-0.2, 0) is 5.92 Å². The van der Waals surface area contributed by atoms with Crippen LogP contribution in [0.3, 0.4) is 0 Å². The molecule has 0 saturated heterocycles. The Morgan fingerprint density at radius 3 is 2.24 bits per heavy atom. The lowest BCUT2D eigenvalue weighted by molar-refractivity contribution is -0.289. The lowest BCUT2D eigenvalue weighted by Gasteiger charge is -2.16. The maximum atomic E-state index is 12.9. The average molecular weight is 275 g/mol. The van der Waals surface area contributed by atoms with Gasteiger partial charge in [-0.3, -0.25) is 0 Å². The van der Waals surface area contributed by atoms with Crippen LogP contribution < -0.4 is 5.32 Å². The molecule has 0 radical (unpaired) electrons. The smallest absolute Gasteiger partial charge is 0.311 e. The average Bonchev–Trinajstić information content (AvgIpc) is 2.67. The monoisotopic (exact) mass is 275 g/mol. The van der Waals surface area contributed by atoms with Crippen LogP contribution in [0.2, 0.25) is 0 Å². The highest BCUT2D eigenvalue weighted by molar-refractivity contribution is 7.11. The molecular formula is C8H10F5N3S. The van der Waals surface area contributed by atoms with E-state index in [4.69, 9.17) is 0 Å². The van der Waals surface area contributed by atoms with Crippen LogP contribution in [0.15, 0.2) is 0 Å². The second-order valence-electron chi connectivity index (χ2n) is 3.27. The quantitative estimate of drug-likeness (QED) is 0.859. The molecule has 17 heavy (non-hydrogen) atoms. The third-order valence-corrected chi connectivity index (χ3v) is 3.23. The van der Waals surface area contributed by atoms with E-state index in [0.717, 1.165) is 0 Å². The SMILES string of the molecule is CCC(NC)c1nnc(C(F)(F)C(F)(F)F)s1. The number of nitrogens with one attached hydrogen (secondary N) is 1. The van der Waals surface area contributed by atoms with Crippen LogP contribution in [0.25, 0.3) is 0 Å². The second kappa shape index (κ2) is 4.81. The summed E-state index contributed by atoms with van der Waals surface area (Å²) in [6.07, 6.45) is -5.13. The first-order valence-electron chi connectivity index (χ1n) is 4.69. The Labute approximate surface area is 98.0 Å². The van der Waals surface area contributed by atoms with Gasteiger partial charge < -0.3 is 5.32 Å². The highest BCUT2D eigenvalue weighted by Crippen LogP contribution is 2.45. The minimum absolute atomic E-state index is 0.119. The van der Waals surface area contributed by atoms with Gasteiger partial charge in [0.15, 0.2) is 5.01 Å². The first-order valence-corrected chi connectivity index (χ1v) is 5.51. The maximum Gasteiger partial charge on any atom is 0.460 e. The molecule has 0 aliphatic heterocycles. The first kappa shape index (κ1) is 14.2. The second-order valence-corrected chi connectivity index (χ2v) is 4.28. The lowest BCUT2D eigenvalue weighted by Crippen LogP contribution is -2.33. The molecule has 0 amide bonds. The lowest BCUT2D eigenvalue weighted by atomic mass is 10.2. The molecule has 0 bridgehead atoms. The predicted molar refractivity (Wildman–Crippen MR) is 51.9 cm³/mol. The minimum Gasteiger partial charge on any atom is -0.311 e. The van der Waals surface area contributed by atoms with Gasteiger partial charge in [0.1, 0.15) is 5.01 Å². The van der Waals surface area contributed by atoms with Crippen LogP contribution in [0.4, 0.5) is 22.0 Å². The zero-order chi connectivity index (χ0) is 13.3. The summed E-state index contributed by atoms with van der Waals surface area (Å²) in [5, 5.41) is 7.84. The zero-order valence-electron chi connectivity index (χ0n) is 8.98. The topological polar surface area (TPSA) is 37.8 Å². The Morgan fingerprint density at radius 1 is 1.24 bits per heavy atom. The molecule has 9 heteroatoms. The van der Waals surface area contributed by atoms with E-state index in [1.165, 1.54) is 0 Å². The van der Waals surface area contributed by atoms with Crippen LogP contribution in [0.5, 0.6) is 0 Å². The molecule has 0 aliphatic carbocycles. The molecule has 0 saturated carbocycles. The molecule has 3 nitrogen and oxygen atoms in total. The van der Waals surface area contributed by atoms with Crippen molar-refractivity contribution in [2.75, 3.05) is 7.05 Å². The van der Waals surface area contributed by atoms with E-state index < -0.39 is 17.1 Å². The van der Waals surface area contributed by atoms with Gasteiger partial charge in [0.05, 0.1) is 6.04 Å². The van der Waals surface area contributed by atoms with Gasteiger partial charge in [-0.25, -0.2) is 0 Å². The summed E-state index contributed by atoms with van der Waals surface area (Å²) in [7, 11) is 1.57. The number of hydrogen-bond acceptors (Lipinski definition) is 4. The van der Waals surface area contributed by atoms with Gasteiger partial charge in [0.2, 0.25) is 0 Å². The van der Waals surface area contributed by atoms with Gasteiger partial charge in [-0.2, -0.15) is 22.0 Å². The molecule has 1 atom stereocenters. The van der Waals surface area contributed by atoms with Crippen molar-refractivity contribution < 1.29 is 22.0 Å². The molecular weight excluding hydrogens is 265 g/mol. The summed E-state index contributed by atoms with van der Waals surface area (Å²) in [6, 6.07) is -0.370. The van der Waals surface area contributed by atoms with Crippen molar-refractivity contribution in [1.29, 1.82) is 0 Å². The molecule has 1 aromatic heterocycles. The Morgan fingerprint density at radius 2 is 1.82 bits per heavy atom. The normalized spacial score (nSPS) is 15.0. The highest BCUT2D eigenvalue weighted by Gasteiger charge is 2.61. The van der Waals surface area contributed by atoms with Gasteiger partial charge >= 0.3 is 12.1 Å². The maximum absolute atomic E-state index is 12.9. The van der Waals surface area contributed by atoms with E-state index in [0.29, 0.717) is 6.42 Å². The largest absolute Gasteiger partial charge is 0.460 e. The van der Waals surface area contributed by atoms with Crippen molar-refractivity contribution in [2.24, 2.45) is 0 Å². The molecule has 1 rings (SSSR count). The van der Waals surface area contributed by atoms with Gasteiger partial charge in [-0.1, -0.05) is 18.3 Å². The van der Waals surface area contributed by atoms with E-state index >= 15 is 0 Å². The Bertz CT molecular complexity index is 371. The Hall–Kier alpha value is -0.830. The summed E-state index contributed by atoms with van der Waals surface area (Å²) in [5.74, 6) is -4.95.